The minimum Gasteiger partial charge on any atom is -0.369 e. The molecule has 0 bridgehead atoms. The van der Waals surface area contributed by atoms with Crippen LogP contribution >= 0.6 is 23.1 Å². The van der Waals surface area contributed by atoms with Gasteiger partial charge in [-0.05, 0) is 44.5 Å². The highest BCUT2D eigenvalue weighted by molar-refractivity contribution is 8.01. The molecular formula is C21H30F3N5S2. The zero-order chi connectivity index (χ0) is 22.1. The van der Waals surface area contributed by atoms with Crippen LogP contribution in [0.25, 0.3) is 0 Å². The van der Waals surface area contributed by atoms with Gasteiger partial charge >= 0.3 is 6.18 Å². The van der Waals surface area contributed by atoms with Crippen LogP contribution in [-0.4, -0.2) is 60.1 Å². The van der Waals surface area contributed by atoms with Gasteiger partial charge in [-0.25, -0.2) is 0 Å². The molecule has 5 nitrogen and oxygen atoms in total. The van der Waals surface area contributed by atoms with Crippen molar-refractivity contribution in [2.75, 3.05) is 55.2 Å². The zero-order valence-electron chi connectivity index (χ0n) is 17.8. The maximum absolute atomic E-state index is 12.9. The number of thioether (sulfide) groups is 1. The number of nitrogens with zero attached hydrogens (tertiary/aromatic N) is 4. The number of piperazine rings is 1. The predicted molar refractivity (Wildman–Crippen MR) is 123 cm³/mol. The van der Waals surface area contributed by atoms with Crippen molar-refractivity contribution in [3.63, 3.8) is 0 Å². The van der Waals surface area contributed by atoms with Gasteiger partial charge in [0, 0.05) is 44.2 Å². The lowest BCUT2D eigenvalue weighted by Gasteiger charge is -2.36. The van der Waals surface area contributed by atoms with Gasteiger partial charge in [-0.3, -0.25) is 4.90 Å². The van der Waals surface area contributed by atoms with Gasteiger partial charge in [0.2, 0.25) is 5.13 Å². The molecule has 1 aromatic heterocycles. The molecule has 2 aromatic rings. The van der Waals surface area contributed by atoms with E-state index in [2.05, 4.69) is 25.3 Å². The first-order valence-corrected chi connectivity index (χ1v) is 12.6. The number of halogens is 3. The summed E-state index contributed by atoms with van der Waals surface area (Å²) in [5.74, 6) is 1.07. The standard InChI is InChI=1S/C21H30F3N5S2/c1-2-25-19-26-27-20(31-19)30-15-6-4-3-5-10-28-11-13-29(14-12-28)18-9-7-8-17(16-18)21(22,23)24/h7-9,16H,2-6,10-15H2,1H3,(H,25,26). The average Bonchev–Trinajstić information content (AvgIpc) is 3.21. The molecule has 2 heterocycles. The molecule has 1 saturated heterocycles. The van der Waals surface area contributed by atoms with Crippen molar-refractivity contribution in [2.24, 2.45) is 0 Å². The number of nitrogens with one attached hydrogen (secondary N) is 1. The van der Waals surface area contributed by atoms with Crippen LogP contribution in [0.4, 0.5) is 24.0 Å². The van der Waals surface area contributed by atoms with E-state index in [4.69, 9.17) is 0 Å². The molecule has 0 saturated carbocycles. The molecule has 1 aromatic carbocycles. The lowest BCUT2D eigenvalue weighted by Crippen LogP contribution is -2.46. The minimum atomic E-state index is -4.29. The highest BCUT2D eigenvalue weighted by Gasteiger charge is 2.31. The molecule has 0 aliphatic carbocycles. The Balaban J connectivity index is 1.26. The van der Waals surface area contributed by atoms with Crippen LogP contribution in [0.1, 0.15) is 38.2 Å². The molecular weight excluding hydrogens is 443 g/mol. The zero-order valence-corrected chi connectivity index (χ0v) is 19.5. The molecule has 10 heteroatoms. The van der Waals surface area contributed by atoms with E-state index in [0.717, 1.165) is 67.0 Å². The first-order valence-electron chi connectivity index (χ1n) is 10.8. The Labute approximate surface area is 190 Å². The fourth-order valence-corrected chi connectivity index (χ4v) is 5.44. The molecule has 1 aliphatic rings. The molecule has 0 unspecified atom stereocenters. The number of rotatable bonds is 11. The van der Waals surface area contributed by atoms with Crippen LogP contribution in [0.3, 0.4) is 0 Å². The van der Waals surface area contributed by atoms with Gasteiger partial charge in [-0.1, -0.05) is 42.0 Å². The average molecular weight is 474 g/mol. The number of aromatic nitrogens is 2. The van der Waals surface area contributed by atoms with Crippen molar-refractivity contribution >= 4 is 33.9 Å². The maximum Gasteiger partial charge on any atom is 0.416 e. The first-order chi connectivity index (χ1) is 15.0. The van der Waals surface area contributed by atoms with Gasteiger partial charge in [0.05, 0.1) is 5.56 Å². The van der Waals surface area contributed by atoms with Crippen molar-refractivity contribution in [3.05, 3.63) is 29.8 Å². The third-order valence-corrected chi connectivity index (χ3v) is 7.34. The predicted octanol–water partition coefficient (Wildman–Crippen LogP) is 5.46. The van der Waals surface area contributed by atoms with E-state index in [-0.39, 0.29) is 0 Å². The molecule has 0 spiro atoms. The Kier molecular flexibility index (Phi) is 9.28. The Morgan fingerprint density at radius 3 is 2.58 bits per heavy atom. The number of unbranched alkanes of at least 4 members (excludes halogenated alkanes) is 3. The van der Waals surface area contributed by atoms with Crippen LogP contribution in [-0.2, 0) is 6.18 Å². The lowest BCUT2D eigenvalue weighted by molar-refractivity contribution is -0.137. The second-order valence-corrected chi connectivity index (χ2v) is 9.86. The Hall–Kier alpha value is -1.52. The van der Waals surface area contributed by atoms with Crippen LogP contribution < -0.4 is 10.2 Å². The van der Waals surface area contributed by atoms with Gasteiger partial charge in [0.15, 0.2) is 4.34 Å². The van der Waals surface area contributed by atoms with Gasteiger partial charge < -0.3 is 10.2 Å². The first kappa shape index (κ1) is 24.1. The molecule has 3 rings (SSSR count). The fraction of sp³-hybridized carbons (Fsp3) is 0.619. The topological polar surface area (TPSA) is 44.3 Å². The third kappa shape index (κ3) is 7.84. The summed E-state index contributed by atoms with van der Waals surface area (Å²) >= 11 is 3.38. The SMILES string of the molecule is CCNc1nnc(SCCCCCCN2CCN(c3cccc(C(F)(F)F)c3)CC2)s1. The summed E-state index contributed by atoms with van der Waals surface area (Å²) in [7, 11) is 0. The number of hydrogen-bond donors (Lipinski definition) is 1. The van der Waals surface area contributed by atoms with E-state index >= 15 is 0 Å². The number of benzene rings is 1. The minimum absolute atomic E-state index is 0.574. The molecule has 31 heavy (non-hydrogen) atoms. The van der Waals surface area contributed by atoms with E-state index in [1.54, 1.807) is 29.2 Å². The van der Waals surface area contributed by atoms with Gasteiger partial charge in [0.25, 0.3) is 0 Å². The highest BCUT2D eigenvalue weighted by atomic mass is 32.2. The fourth-order valence-electron chi connectivity index (χ4n) is 3.55. The largest absolute Gasteiger partial charge is 0.416 e. The number of alkyl halides is 3. The van der Waals surface area contributed by atoms with E-state index in [9.17, 15) is 13.2 Å². The van der Waals surface area contributed by atoms with Crippen molar-refractivity contribution in [2.45, 2.75) is 43.1 Å². The van der Waals surface area contributed by atoms with Crippen molar-refractivity contribution < 1.29 is 13.2 Å². The summed E-state index contributed by atoms with van der Waals surface area (Å²) in [6, 6.07) is 5.66. The molecule has 172 valence electrons. The number of hydrogen-bond acceptors (Lipinski definition) is 7. The summed E-state index contributed by atoms with van der Waals surface area (Å²) < 4.78 is 39.8. The second kappa shape index (κ2) is 11.9. The highest BCUT2D eigenvalue weighted by Crippen LogP contribution is 2.32. The molecule has 1 aliphatic heterocycles. The summed E-state index contributed by atoms with van der Waals surface area (Å²) in [6.07, 6.45) is 0.452. The summed E-state index contributed by atoms with van der Waals surface area (Å²) in [5, 5.41) is 12.3. The van der Waals surface area contributed by atoms with E-state index in [1.165, 1.54) is 31.4 Å². The van der Waals surface area contributed by atoms with Gasteiger partial charge in [-0.15, -0.1) is 10.2 Å². The lowest BCUT2D eigenvalue weighted by atomic mass is 10.1. The quantitative estimate of drug-likeness (QED) is 0.345. The van der Waals surface area contributed by atoms with Gasteiger partial charge in [0.1, 0.15) is 0 Å². The summed E-state index contributed by atoms with van der Waals surface area (Å²) in [4.78, 5) is 4.47. The van der Waals surface area contributed by atoms with Crippen LogP contribution in [0.15, 0.2) is 28.6 Å². The maximum atomic E-state index is 12.9. The molecule has 0 radical (unpaired) electrons. The van der Waals surface area contributed by atoms with E-state index in [1.807, 2.05) is 6.92 Å². The Morgan fingerprint density at radius 1 is 1.06 bits per heavy atom. The van der Waals surface area contributed by atoms with Crippen LogP contribution in [0, 0.1) is 0 Å². The number of anilines is 2. The van der Waals surface area contributed by atoms with Crippen LogP contribution in [0.2, 0.25) is 0 Å². The summed E-state index contributed by atoms with van der Waals surface area (Å²) in [6.45, 7) is 7.31. The second-order valence-electron chi connectivity index (χ2n) is 7.54. The Bertz CT molecular complexity index is 791. The smallest absolute Gasteiger partial charge is 0.369 e. The molecule has 1 fully saturated rings. The Morgan fingerprint density at radius 2 is 1.84 bits per heavy atom. The third-order valence-electron chi connectivity index (χ3n) is 5.24. The van der Waals surface area contributed by atoms with Gasteiger partial charge in [-0.2, -0.15) is 13.2 Å². The summed E-state index contributed by atoms with van der Waals surface area (Å²) in [5.41, 5.74) is 0.0924. The monoisotopic (exact) mass is 473 g/mol. The van der Waals surface area contributed by atoms with E-state index in [0.29, 0.717) is 5.69 Å². The molecule has 0 atom stereocenters. The normalized spacial score (nSPS) is 15.4. The van der Waals surface area contributed by atoms with Crippen molar-refractivity contribution in [3.8, 4) is 0 Å². The molecule has 0 amide bonds. The van der Waals surface area contributed by atoms with E-state index < -0.39 is 11.7 Å². The van der Waals surface area contributed by atoms with Crippen LogP contribution in [0.5, 0.6) is 0 Å². The van der Waals surface area contributed by atoms with Crippen molar-refractivity contribution in [1.29, 1.82) is 0 Å². The molecule has 1 N–H and O–H groups in total. The van der Waals surface area contributed by atoms with Crippen molar-refractivity contribution in [1.82, 2.24) is 15.1 Å².